The zero-order valence-corrected chi connectivity index (χ0v) is 10.9. The van der Waals surface area contributed by atoms with Crippen molar-refractivity contribution < 1.29 is 0 Å². The molecule has 0 spiro atoms. The molecule has 0 saturated carbocycles. The van der Waals surface area contributed by atoms with Crippen molar-refractivity contribution in [3.05, 3.63) is 12.2 Å². The van der Waals surface area contributed by atoms with E-state index in [1.807, 2.05) is 4.68 Å². The Morgan fingerprint density at radius 1 is 1.38 bits per heavy atom. The molecule has 0 saturated heterocycles. The summed E-state index contributed by atoms with van der Waals surface area (Å²) in [6.45, 7) is 10.8. The molecule has 1 atom stereocenters. The van der Waals surface area contributed by atoms with E-state index in [1.165, 1.54) is 6.42 Å². The summed E-state index contributed by atoms with van der Waals surface area (Å²) >= 11 is 0. The van der Waals surface area contributed by atoms with Crippen molar-refractivity contribution in [2.75, 3.05) is 13.1 Å². The Bertz CT molecular complexity index is 293. The van der Waals surface area contributed by atoms with Gasteiger partial charge in [-0.1, -0.05) is 13.8 Å². The standard InChI is InChI=1S/C12H24N4/c1-5-13-7-6-11(4)8-12-14-9-15-16(12)10(2)3/h9-11,13H,5-8H2,1-4H3. The smallest absolute Gasteiger partial charge is 0.138 e. The minimum Gasteiger partial charge on any atom is -0.317 e. The summed E-state index contributed by atoms with van der Waals surface area (Å²) in [5, 5.41) is 7.61. The molecule has 1 unspecified atom stereocenters. The fourth-order valence-electron chi connectivity index (χ4n) is 1.79. The predicted molar refractivity (Wildman–Crippen MR) is 66.4 cm³/mol. The highest BCUT2D eigenvalue weighted by molar-refractivity contribution is 4.88. The maximum absolute atomic E-state index is 4.34. The lowest BCUT2D eigenvalue weighted by atomic mass is 10.0. The van der Waals surface area contributed by atoms with E-state index in [2.05, 4.69) is 43.1 Å². The number of aromatic nitrogens is 3. The number of hydrogen-bond donors (Lipinski definition) is 1. The van der Waals surface area contributed by atoms with Gasteiger partial charge in [0.25, 0.3) is 0 Å². The molecule has 0 fully saturated rings. The summed E-state index contributed by atoms with van der Waals surface area (Å²) in [7, 11) is 0. The normalized spacial score (nSPS) is 13.3. The quantitative estimate of drug-likeness (QED) is 0.721. The molecule has 4 heteroatoms. The molecule has 1 aromatic rings. The van der Waals surface area contributed by atoms with E-state index in [4.69, 9.17) is 0 Å². The van der Waals surface area contributed by atoms with Gasteiger partial charge in [-0.15, -0.1) is 0 Å². The van der Waals surface area contributed by atoms with E-state index < -0.39 is 0 Å². The first kappa shape index (κ1) is 13.2. The van der Waals surface area contributed by atoms with Crippen LogP contribution in [-0.2, 0) is 6.42 Å². The van der Waals surface area contributed by atoms with Crippen LogP contribution >= 0.6 is 0 Å². The molecule has 4 nitrogen and oxygen atoms in total. The third-order valence-corrected chi connectivity index (χ3v) is 2.73. The van der Waals surface area contributed by atoms with E-state index in [1.54, 1.807) is 6.33 Å². The first-order valence-corrected chi connectivity index (χ1v) is 6.24. The van der Waals surface area contributed by atoms with E-state index in [0.717, 1.165) is 25.3 Å². The number of hydrogen-bond acceptors (Lipinski definition) is 3. The molecule has 1 rings (SSSR count). The second kappa shape index (κ2) is 6.63. The van der Waals surface area contributed by atoms with E-state index in [0.29, 0.717) is 12.0 Å². The van der Waals surface area contributed by atoms with E-state index in [-0.39, 0.29) is 0 Å². The van der Waals surface area contributed by atoms with Crippen molar-refractivity contribution in [1.29, 1.82) is 0 Å². The van der Waals surface area contributed by atoms with Crippen molar-refractivity contribution in [1.82, 2.24) is 20.1 Å². The molecule has 0 amide bonds. The Balaban J connectivity index is 2.43. The molecule has 1 aromatic heterocycles. The Hall–Kier alpha value is -0.900. The Morgan fingerprint density at radius 2 is 2.12 bits per heavy atom. The van der Waals surface area contributed by atoms with Crippen molar-refractivity contribution >= 4 is 0 Å². The zero-order valence-electron chi connectivity index (χ0n) is 10.9. The topological polar surface area (TPSA) is 42.7 Å². The maximum atomic E-state index is 4.34. The lowest BCUT2D eigenvalue weighted by Gasteiger charge is -2.13. The number of rotatable bonds is 7. The first-order chi connectivity index (χ1) is 7.65. The third kappa shape index (κ3) is 3.93. The molecule has 0 aliphatic heterocycles. The lowest BCUT2D eigenvalue weighted by molar-refractivity contribution is 0.449. The van der Waals surface area contributed by atoms with E-state index in [9.17, 15) is 0 Å². The summed E-state index contributed by atoms with van der Waals surface area (Å²) in [4.78, 5) is 4.34. The van der Waals surface area contributed by atoms with Gasteiger partial charge in [0.1, 0.15) is 12.2 Å². The van der Waals surface area contributed by atoms with Gasteiger partial charge in [0.05, 0.1) is 0 Å². The van der Waals surface area contributed by atoms with Crippen LogP contribution in [0.5, 0.6) is 0 Å². The van der Waals surface area contributed by atoms with Crippen LogP contribution in [0.15, 0.2) is 6.33 Å². The van der Waals surface area contributed by atoms with Crippen molar-refractivity contribution in [3.8, 4) is 0 Å². The highest BCUT2D eigenvalue weighted by Gasteiger charge is 2.11. The zero-order chi connectivity index (χ0) is 12.0. The van der Waals surface area contributed by atoms with Gasteiger partial charge in [-0.05, 0) is 39.3 Å². The molecule has 0 aromatic carbocycles. The maximum Gasteiger partial charge on any atom is 0.138 e. The predicted octanol–water partition coefficient (Wildman–Crippen LogP) is 2.04. The minimum atomic E-state index is 0.401. The van der Waals surface area contributed by atoms with Crippen molar-refractivity contribution in [2.45, 2.75) is 46.6 Å². The molecule has 16 heavy (non-hydrogen) atoms. The van der Waals surface area contributed by atoms with Gasteiger partial charge in [0.2, 0.25) is 0 Å². The minimum absolute atomic E-state index is 0.401. The Labute approximate surface area is 98.5 Å². The van der Waals surface area contributed by atoms with Gasteiger partial charge in [-0.3, -0.25) is 0 Å². The Kier molecular flexibility index (Phi) is 5.46. The Morgan fingerprint density at radius 3 is 2.75 bits per heavy atom. The lowest BCUT2D eigenvalue weighted by Crippen LogP contribution is -2.18. The molecule has 0 bridgehead atoms. The van der Waals surface area contributed by atoms with Crippen LogP contribution in [-0.4, -0.2) is 27.9 Å². The fourth-order valence-corrected chi connectivity index (χ4v) is 1.79. The average molecular weight is 224 g/mol. The fraction of sp³-hybridized carbons (Fsp3) is 0.833. The number of nitrogens with one attached hydrogen (secondary N) is 1. The highest BCUT2D eigenvalue weighted by Crippen LogP contribution is 2.12. The van der Waals surface area contributed by atoms with E-state index >= 15 is 0 Å². The van der Waals surface area contributed by atoms with Gasteiger partial charge in [0.15, 0.2) is 0 Å². The molecule has 92 valence electrons. The summed E-state index contributed by atoms with van der Waals surface area (Å²) in [5.74, 6) is 1.76. The van der Waals surface area contributed by atoms with Gasteiger partial charge in [0, 0.05) is 12.5 Å². The van der Waals surface area contributed by atoms with Crippen LogP contribution in [0.3, 0.4) is 0 Å². The summed E-state index contributed by atoms with van der Waals surface area (Å²) in [6.07, 6.45) is 3.87. The van der Waals surface area contributed by atoms with Gasteiger partial charge in [-0.25, -0.2) is 9.67 Å². The third-order valence-electron chi connectivity index (χ3n) is 2.73. The van der Waals surface area contributed by atoms with Crippen molar-refractivity contribution in [2.24, 2.45) is 5.92 Å². The average Bonchev–Trinajstić information content (AvgIpc) is 2.66. The second-order valence-corrected chi connectivity index (χ2v) is 4.67. The summed E-state index contributed by atoms with van der Waals surface area (Å²) < 4.78 is 2.02. The SMILES string of the molecule is CCNCCC(C)Cc1ncnn1C(C)C. The number of nitrogens with zero attached hydrogens (tertiary/aromatic N) is 3. The van der Waals surface area contributed by atoms with Gasteiger partial charge < -0.3 is 5.32 Å². The largest absolute Gasteiger partial charge is 0.317 e. The molecule has 1 N–H and O–H groups in total. The molecular weight excluding hydrogens is 200 g/mol. The van der Waals surface area contributed by atoms with Crippen LogP contribution in [0.4, 0.5) is 0 Å². The summed E-state index contributed by atoms with van der Waals surface area (Å²) in [6, 6.07) is 0.401. The van der Waals surface area contributed by atoms with Gasteiger partial charge >= 0.3 is 0 Å². The van der Waals surface area contributed by atoms with Crippen LogP contribution in [0.25, 0.3) is 0 Å². The van der Waals surface area contributed by atoms with Crippen LogP contribution in [0, 0.1) is 5.92 Å². The van der Waals surface area contributed by atoms with Crippen LogP contribution < -0.4 is 5.32 Å². The molecule has 0 radical (unpaired) electrons. The summed E-state index contributed by atoms with van der Waals surface area (Å²) in [5.41, 5.74) is 0. The molecule has 0 aliphatic carbocycles. The van der Waals surface area contributed by atoms with Crippen LogP contribution in [0.2, 0.25) is 0 Å². The molecule has 0 aliphatic rings. The monoisotopic (exact) mass is 224 g/mol. The molecular formula is C12H24N4. The highest BCUT2D eigenvalue weighted by atomic mass is 15.3. The first-order valence-electron chi connectivity index (χ1n) is 6.24. The second-order valence-electron chi connectivity index (χ2n) is 4.67. The molecule has 1 heterocycles. The van der Waals surface area contributed by atoms with Crippen LogP contribution in [0.1, 0.15) is 46.0 Å². The van der Waals surface area contributed by atoms with Crippen molar-refractivity contribution in [3.63, 3.8) is 0 Å². The van der Waals surface area contributed by atoms with Gasteiger partial charge in [-0.2, -0.15) is 5.10 Å².